The number of pyridine rings is 1. The van der Waals surface area contributed by atoms with Gasteiger partial charge in [0.15, 0.2) is 16.7 Å². The fourth-order valence-corrected chi connectivity index (χ4v) is 8.67. The third-order valence-corrected chi connectivity index (χ3v) is 11.9. The molecule has 2 aromatic heterocycles. The molecule has 57 heavy (non-hydrogen) atoms. The number of thioether (sulfide) groups is 1. The van der Waals surface area contributed by atoms with Crippen molar-refractivity contribution in [2.45, 2.75) is 37.4 Å². The molecule has 6 rings (SSSR count). The monoisotopic (exact) mass is 837 g/mol. The van der Waals surface area contributed by atoms with Crippen molar-refractivity contribution < 1.29 is 61.8 Å². The molecule has 0 spiro atoms. The van der Waals surface area contributed by atoms with Gasteiger partial charge in [-0.15, -0.1) is 23.1 Å². The highest BCUT2D eigenvalue weighted by molar-refractivity contribution is 8.00. The zero-order valence-corrected chi connectivity index (χ0v) is 32.1. The van der Waals surface area contributed by atoms with Crippen LogP contribution in [0.3, 0.4) is 0 Å². The number of aliphatic carboxylic acids is 2. The minimum absolute atomic E-state index is 0.0426. The molecule has 1 aromatic carbocycles. The lowest BCUT2D eigenvalue weighted by Gasteiger charge is -2.50. The van der Waals surface area contributed by atoms with E-state index in [0.717, 1.165) is 33.1 Å². The number of hydrogen-bond donors (Lipinski definition) is 5. The van der Waals surface area contributed by atoms with E-state index in [1.54, 1.807) is 0 Å². The molecule has 2 atom stereocenters. The van der Waals surface area contributed by atoms with Crippen molar-refractivity contribution in [3.05, 3.63) is 62.0 Å². The molecular formula is C34H36F3N8O10S2+. The van der Waals surface area contributed by atoms with Gasteiger partial charge < -0.3 is 45.2 Å². The number of fused-ring (bicyclic) bond motifs is 2. The highest BCUT2D eigenvalue weighted by atomic mass is 32.2. The minimum atomic E-state index is -1.83. The van der Waals surface area contributed by atoms with Crippen molar-refractivity contribution in [2.24, 2.45) is 5.16 Å². The van der Waals surface area contributed by atoms with Crippen LogP contribution in [0.1, 0.15) is 29.9 Å². The van der Waals surface area contributed by atoms with E-state index in [2.05, 4.69) is 15.5 Å². The highest BCUT2D eigenvalue weighted by Gasteiger charge is 2.55. The number of nitrogens with two attached hydrogens (primary N) is 1. The normalized spacial score (nSPS) is 19.6. The summed E-state index contributed by atoms with van der Waals surface area (Å²) >= 11 is 2.18. The van der Waals surface area contributed by atoms with Gasteiger partial charge in [0.05, 0.1) is 50.7 Å². The predicted octanol–water partition coefficient (Wildman–Crippen LogP) is 1.28. The van der Waals surface area contributed by atoms with Crippen LogP contribution in [0.25, 0.3) is 10.9 Å². The van der Waals surface area contributed by atoms with Gasteiger partial charge in [0.1, 0.15) is 53.1 Å². The Morgan fingerprint density at radius 3 is 2.40 bits per heavy atom. The number of aryl methyl sites for hydroxylation is 1. The number of alkyl halides is 1. The minimum Gasteiger partial charge on any atom is -0.478 e. The van der Waals surface area contributed by atoms with E-state index in [-0.39, 0.29) is 59.5 Å². The summed E-state index contributed by atoms with van der Waals surface area (Å²) in [6.45, 7) is 1.71. The third kappa shape index (κ3) is 7.60. The lowest BCUT2D eigenvalue weighted by molar-refractivity contribution is -0.905. The Morgan fingerprint density at radius 1 is 1.14 bits per heavy atom. The summed E-state index contributed by atoms with van der Waals surface area (Å²) in [6, 6.07) is -0.445. The number of carboxylic acid groups (broad SMARTS) is 3. The number of quaternary nitrogens is 1. The van der Waals surface area contributed by atoms with Gasteiger partial charge in [0.25, 0.3) is 11.8 Å². The summed E-state index contributed by atoms with van der Waals surface area (Å²) < 4.78 is 46.2. The van der Waals surface area contributed by atoms with Crippen LogP contribution >= 0.6 is 23.1 Å². The quantitative estimate of drug-likeness (QED) is 0.0705. The standard InChI is InChI=1S/C34H35F3N8O10S2/c1-34(2,32(53)54)55-41-21(19-14-57-33(38)39-19)27(47)40-22-28(48)44-23(31(51)52)15(13-56-29(22)44)12-45(3)8-6-42(7-9-45)25-18(36)10-16-24(20(25)37)43(5-4-35)11-17(26(16)46)30(49)50/h10-11,14,22,29H,4-9,12-13H2,1-3H3,(H5-,38,39,40,47,49,50,51,52,53,54)/p+1/b41-21+/t22-,29-/m1/s1. The first-order chi connectivity index (χ1) is 26.8. The number of nitrogens with zero attached hydrogens (tertiary/aromatic N) is 6. The number of β-lactam (4-membered cyclic amide) rings is 1. The molecule has 3 aliphatic rings. The van der Waals surface area contributed by atoms with Crippen LogP contribution in [0.15, 0.2) is 38.9 Å². The van der Waals surface area contributed by atoms with E-state index < -0.39 is 105 Å². The van der Waals surface area contributed by atoms with E-state index in [9.17, 15) is 48.5 Å². The maximum atomic E-state index is 16.1. The Balaban J connectivity index is 1.19. The number of piperazine rings is 1. The van der Waals surface area contributed by atoms with Crippen LogP contribution in [-0.2, 0) is 30.6 Å². The van der Waals surface area contributed by atoms with Crippen LogP contribution in [0, 0.1) is 11.6 Å². The van der Waals surface area contributed by atoms with Crippen LogP contribution < -0.4 is 21.4 Å². The van der Waals surface area contributed by atoms with Gasteiger partial charge in [0, 0.05) is 22.9 Å². The van der Waals surface area contributed by atoms with Gasteiger partial charge in [-0.05, 0) is 19.9 Å². The summed E-state index contributed by atoms with van der Waals surface area (Å²) in [5, 5.41) is 35.5. The summed E-state index contributed by atoms with van der Waals surface area (Å²) in [5.41, 5.74) is 0.736. The SMILES string of the molecule is CC(C)(O/N=C(/C(=O)N[C@@H]1C(=O)N2C(C(=O)O)=C(C[N+]3(C)CCN(c4c(F)cc5c(=O)c(C(=O)O)cn(CCF)c5c4F)CC3)CS[C@H]12)c1csc(N)n1)C(=O)O. The molecule has 2 fully saturated rings. The zero-order chi connectivity index (χ0) is 41.7. The summed E-state index contributed by atoms with van der Waals surface area (Å²) in [7, 11) is 1.82. The Kier molecular flexibility index (Phi) is 11.0. The maximum Gasteiger partial charge on any atom is 0.352 e. The first-order valence-corrected chi connectivity index (χ1v) is 19.1. The number of aromatic carboxylic acids is 1. The fraction of sp³-hybridized carbons (Fsp3) is 0.412. The molecule has 3 aromatic rings. The fourth-order valence-electron chi connectivity index (χ4n) is 6.79. The number of benzene rings is 1. The molecule has 0 radical (unpaired) electrons. The van der Waals surface area contributed by atoms with Crippen LogP contribution in [0.2, 0.25) is 0 Å². The van der Waals surface area contributed by atoms with Crippen molar-refractivity contribution >= 4 is 80.3 Å². The molecule has 5 heterocycles. The molecule has 0 unspecified atom stereocenters. The lowest BCUT2D eigenvalue weighted by Crippen LogP contribution is -2.71. The van der Waals surface area contributed by atoms with Gasteiger partial charge in [-0.1, -0.05) is 5.16 Å². The van der Waals surface area contributed by atoms with Crippen LogP contribution in [-0.4, -0.2) is 139 Å². The number of carbonyl (C=O) groups excluding carboxylic acids is 2. The number of hydrogen-bond acceptors (Lipinski definition) is 13. The molecule has 0 bridgehead atoms. The Morgan fingerprint density at radius 2 is 1.82 bits per heavy atom. The van der Waals surface area contributed by atoms with Crippen molar-refractivity contribution in [3.63, 3.8) is 0 Å². The largest absolute Gasteiger partial charge is 0.478 e. The summed E-state index contributed by atoms with van der Waals surface area (Å²) in [5.74, 6) is -8.17. The number of aromatic nitrogens is 2. The number of oxime groups is 1. The zero-order valence-electron chi connectivity index (χ0n) is 30.5. The number of nitrogen functional groups attached to an aromatic ring is 1. The highest BCUT2D eigenvalue weighted by Crippen LogP contribution is 2.41. The molecule has 3 aliphatic heterocycles. The second-order valence-electron chi connectivity index (χ2n) is 14.2. The second kappa shape index (κ2) is 15.3. The smallest absolute Gasteiger partial charge is 0.352 e. The number of nitrogens with one attached hydrogen (secondary N) is 1. The molecule has 2 saturated heterocycles. The first-order valence-electron chi connectivity index (χ1n) is 17.1. The number of amides is 2. The average Bonchev–Trinajstić information content (AvgIpc) is 3.57. The van der Waals surface area contributed by atoms with Crippen molar-refractivity contribution in [1.82, 2.24) is 19.8 Å². The number of carbonyl (C=O) groups is 5. The number of likely N-dealkylation sites (N-methyl/N-ethyl adjacent to an activating group) is 1. The molecule has 304 valence electrons. The number of rotatable bonds is 13. The lowest BCUT2D eigenvalue weighted by atomic mass is 10.0. The number of halogens is 3. The average molecular weight is 838 g/mol. The van der Waals surface area contributed by atoms with Gasteiger partial charge in [0.2, 0.25) is 11.0 Å². The maximum absolute atomic E-state index is 16.1. The third-order valence-electron chi connectivity index (χ3n) is 9.89. The Bertz CT molecular complexity index is 2340. The summed E-state index contributed by atoms with van der Waals surface area (Å²) in [4.78, 5) is 87.1. The molecule has 23 heteroatoms. The van der Waals surface area contributed by atoms with Crippen molar-refractivity contribution in [2.75, 3.05) is 62.8 Å². The van der Waals surface area contributed by atoms with E-state index in [0.29, 0.717) is 5.57 Å². The molecule has 6 N–H and O–H groups in total. The van der Waals surface area contributed by atoms with Crippen LogP contribution in [0.4, 0.5) is 24.0 Å². The summed E-state index contributed by atoms with van der Waals surface area (Å²) in [6.07, 6.45) is 0.826. The first kappa shape index (κ1) is 41.0. The van der Waals surface area contributed by atoms with Gasteiger partial charge in [-0.25, -0.2) is 32.5 Å². The number of thiazole rings is 1. The van der Waals surface area contributed by atoms with Crippen molar-refractivity contribution in [1.29, 1.82) is 0 Å². The predicted molar refractivity (Wildman–Crippen MR) is 200 cm³/mol. The molecule has 2 amide bonds. The Labute approximate surface area is 328 Å². The molecule has 0 saturated carbocycles. The van der Waals surface area contributed by atoms with Gasteiger partial charge in [-0.2, -0.15) is 0 Å². The van der Waals surface area contributed by atoms with E-state index in [1.165, 1.54) is 35.9 Å². The van der Waals surface area contributed by atoms with Gasteiger partial charge in [-0.3, -0.25) is 19.3 Å². The molecule has 0 aliphatic carbocycles. The molecular weight excluding hydrogens is 802 g/mol. The Hall–Kier alpha value is -5.68. The van der Waals surface area contributed by atoms with E-state index in [1.807, 2.05) is 7.05 Å². The van der Waals surface area contributed by atoms with Gasteiger partial charge >= 0.3 is 17.9 Å². The van der Waals surface area contributed by atoms with E-state index >= 15 is 8.78 Å². The van der Waals surface area contributed by atoms with Crippen LogP contribution in [0.5, 0.6) is 0 Å². The number of anilines is 2. The topological polar surface area (TPSA) is 247 Å². The molecule has 18 nitrogen and oxygen atoms in total. The second-order valence-corrected chi connectivity index (χ2v) is 16.2. The number of carboxylic acids is 3. The van der Waals surface area contributed by atoms with E-state index in [4.69, 9.17) is 10.6 Å². The van der Waals surface area contributed by atoms with Crippen molar-refractivity contribution in [3.8, 4) is 0 Å².